The van der Waals surface area contributed by atoms with Gasteiger partial charge in [-0.15, -0.1) is 0 Å². The molecule has 0 aliphatic heterocycles. The van der Waals surface area contributed by atoms with Gasteiger partial charge in [0.05, 0.1) is 16.6 Å². The van der Waals surface area contributed by atoms with Gasteiger partial charge in [-0.05, 0) is 43.3 Å². The summed E-state index contributed by atoms with van der Waals surface area (Å²) in [5.41, 5.74) is 0.890. The van der Waals surface area contributed by atoms with Crippen molar-refractivity contribution in [1.29, 1.82) is 5.26 Å². The largest absolute Gasteiger partial charge is 0.481 e. The number of rotatable bonds is 5. The van der Waals surface area contributed by atoms with E-state index >= 15 is 0 Å². The number of benzene rings is 2. The molecule has 7 nitrogen and oxygen atoms in total. The van der Waals surface area contributed by atoms with Crippen molar-refractivity contribution in [2.24, 2.45) is 0 Å². The highest BCUT2D eigenvalue weighted by molar-refractivity contribution is 5.94. The molecule has 0 heterocycles. The molecular weight excluding hydrogens is 298 g/mol. The smallest absolute Gasteiger partial charge is 0.269 e. The number of carbonyl (C=O) groups excluding carboxylic acids is 1. The summed E-state index contributed by atoms with van der Waals surface area (Å²) in [5, 5.41) is 21.9. The molecule has 1 amide bonds. The van der Waals surface area contributed by atoms with Crippen LogP contribution in [-0.2, 0) is 4.79 Å². The molecule has 1 atom stereocenters. The number of nitriles is 1. The molecule has 0 aliphatic carbocycles. The number of amides is 1. The first-order valence-electron chi connectivity index (χ1n) is 6.72. The quantitative estimate of drug-likeness (QED) is 0.675. The van der Waals surface area contributed by atoms with Gasteiger partial charge >= 0.3 is 0 Å². The lowest BCUT2D eigenvalue weighted by atomic mass is 10.2. The minimum Gasteiger partial charge on any atom is -0.481 e. The zero-order valence-corrected chi connectivity index (χ0v) is 12.2. The van der Waals surface area contributed by atoms with Gasteiger partial charge in [-0.3, -0.25) is 14.9 Å². The fourth-order valence-corrected chi connectivity index (χ4v) is 1.78. The predicted octanol–water partition coefficient (Wildman–Crippen LogP) is 2.87. The Balaban J connectivity index is 1.96. The van der Waals surface area contributed by atoms with E-state index in [4.69, 9.17) is 10.00 Å². The van der Waals surface area contributed by atoms with Crippen molar-refractivity contribution >= 4 is 17.3 Å². The SMILES string of the molecule is C[C@H](Oc1ccc(C#N)cc1)C(=O)Nc1ccc([N+](=O)[O-])cc1. The Kier molecular flexibility index (Phi) is 4.89. The summed E-state index contributed by atoms with van der Waals surface area (Å²) in [7, 11) is 0. The van der Waals surface area contributed by atoms with Gasteiger partial charge in [-0.2, -0.15) is 5.26 Å². The third-order valence-corrected chi connectivity index (χ3v) is 3.01. The number of nitro groups is 1. The average Bonchev–Trinajstić information content (AvgIpc) is 2.56. The van der Waals surface area contributed by atoms with Crippen molar-refractivity contribution in [3.8, 4) is 11.8 Å². The van der Waals surface area contributed by atoms with Crippen LogP contribution >= 0.6 is 0 Å². The maximum Gasteiger partial charge on any atom is 0.269 e. The second-order valence-electron chi connectivity index (χ2n) is 4.69. The molecule has 0 fully saturated rings. The number of ether oxygens (including phenoxy) is 1. The Morgan fingerprint density at radius 2 is 1.83 bits per heavy atom. The molecule has 0 bridgehead atoms. The molecule has 2 aromatic carbocycles. The molecule has 0 aliphatic rings. The van der Waals surface area contributed by atoms with Crippen LogP contribution in [0.25, 0.3) is 0 Å². The lowest BCUT2D eigenvalue weighted by Gasteiger charge is -2.14. The molecule has 116 valence electrons. The summed E-state index contributed by atoms with van der Waals surface area (Å²) in [6.45, 7) is 1.58. The summed E-state index contributed by atoms with van der Waals surface area (Å²) >= 11 is 0. The summed E-state index contributed by atoms with van der Waals surface area (Å²) in [4.78, 5) is 22.1. The Morgan fingerprint density at radius 3 is 2.35 bits per heavy atom. The Hall–Kier alpha value is -3.40. The van der Waals surface area contributed by atoms with Crippen molar-refractivity contribution in [3.63, 3.8) is 0 Å². The van der Waals surface area contributed by atoms with Crippen molar-refractivity contribution in [3.05, 3.63) is 64.2 Å². The molecule has 0 saturated carbocycles. The van der Waals surface area contributed by atoms with Crippen LogP contribution in [0.4, 0.5) is 11.4 Å². The second-order valence-corrected chi connectivity index (χ2v) is 4.69. The molecular formula is C16H13N3O4. The van der Waals surface area contributed by atoms with E-state index in [2.05, 4.69) is 5.32 Å². The van der Waals surface area contributed by atoms with Gasteiger partial charge in [-0.1, -0.05) is 0 Å². The molecule has 0 aromatic heterocycles. The normalized spacial score (nSPS) is 11.1. The molecule has 23 heavy (non-hydrogen) atoms. The summed E-state index contributed by atoms with van der Waals surface area (Å²) in [6, 6.07) is 13.9. The van der Waals surface area contributed by atoms with Gasteiger partial charge in [-0.25, -0.2) is 0 Å². The van der Waals surface area contributed by atoms with E-state index in [1.54, 1.807) is 31.2 Å². The minimum absolute atomic E-state index is 0.0510. The summed E-state index contributed by atoms with van der Waals surface area (Å²) < 4.78 is 5.48. The number of hydrogen-bond donors (Lipinski definition) is 1. The number of nitrogens with one attached hydrogen (secondary N) is 1. The minimum atomic E-state index is -0.766. The molecule has 7 heteroatoms. The fourth-order valence-electron chi connectivity index (χ4n) is 1.78. The van der Waals surface area contributed by atoms with Gasteiger partial charge in [0.2, 0.25) is 0 Å². The van der Waals surface area contributed by atoms with E-state index in [-0.39, 0.29) is 11.6 Å². The summed E-state index contributed by atoms with van der Waals surface area (Å²) in [5.74, 6) is 0.0820. The van der Waals surface area contributed by atoms with Gasteiger partial charge in [0.25, 0.3) is 11.6 Å². The molecule has 0 saturated heterocycles. The van der Waals surface area contributed by atoms with Gasteiger partial charge in [0, 0.05) is 17.8 Å². The standard InChI is InChI=1S/C16H13N3O4/c1-11(23-15-8-2-12(10-17)3-9-15)16(20)18-13-4-6-14(7-5-13)19(21)22/h2-9,11H,1H3,(H,18,20)/t11-/m0/s1. The van der Waals surface area contributed by atoms with Crippen molar-refractivity contribution in [2.45, 2.75) is 13.0 Å². The number of hydrogen-bond acceptors (Lipinski definition) is 5. The van der Waals surface area contributed by atoms with E-state index in [1.807, 2.05) is 6.07 Å². The summed E-state index contributed by atoms with van der Waals surface area (Å²) in [6.07, 6.45) is -0.766. The lowest BCUT2D eigenvalue weighted by molar-refractivity contribution is -0.384. The average molecular weight is 311 g/mol. The number of carbonyl (C=O) groups is 1. The van der Waals surface area contributed by atoms with Crippen LogP contribution in [0, 0.1) is 21.4 Å². The second kappa shape index (κ2) is 7.04. The van der Waals surface area contributed by atoms with Crippen LogP contribution in [0.5, 0.6) is 5.75 Å². The molecule has 0 spiro atoms. The first-order chi connectivity index (χ1) is 11.0. The fraction of sp³-hybridized carbons (Fsp3) is 0.125. The highest BCUT2D eigenvalue weighted by atomic mass is 16.6. The maximum atomic E-state index is 12.0. The van der Waals surface area contributed by atoms with Gasteiger partial charge < -0.3 is 10.1 Å². The first-order valence-corrected chi connectivity index (χ1v) is 6.72. The monoisotopic (exact) mass is 311 g/mol. The van der Waals surface area contributed by atoms with E-state index < -0.39 is 11.0 Å². The topological polar surface area (TPSA) is 105 Å². The van der Waals surface area contributed by atoms with E-state index in [0.29, 0.717) is 17.0 Å². The Bertz CT molecular complexity index is 748. The maximum absolute atomic E-state index is 12.0. The van der Waals surface area contributed by atoms with Crippen LogP contribution in [0.1, 0.15) is 12.5 Å². The highest BCUT2D eigenvalue weighted by Crippen LogP contribution is 2.17. The Labute approximate surface area is 132 Å². The molecule has 0 radical (unpaired) electrons. The molecule has 1 N–H and O–H groups in total. The number of non-ortho nitro benzene ring substituents is 1. The molecule has 0 unspecified atom stereocenters. The van der Waals surface area contributed by atoms with Crippen LogP contribution in [0.2, 0.25) is 0 Å². The van der Waals surface area contributed by atoms with Crippen LogP contribution in [-0.4, -0.2) is 16.9 Å². The van der Waals surface area contributed by atoms with Crippen LogP contribution in [0.15, 0.2) is 48.5 Å². The number of nitro benzene ring substituents is 1. The number of nitrogens with zero attached hydrogens (tertiary/aromatic N) is 2. The Morgan fingerprint density at radius 1 is 1.22 bits per heavy atom. The first kappa shape index (κ1) is 16.0. The van der Waals surface area contributed by atoms with Gasteiger partial charge in [0.15, 0.2) is 6.10 Å². The van der Waals surface area contributed by atoms with Gasteiger partial charge in [0.1, 0.15) is 5.75 Å². The third kappa shape index (κ3) is 4.28. The predicted molar refractivity (Wildman–Crippen MR) is 83.0 cm³/mol. The lowest BCUT2D eigenvalue weighted by Crippen LogP contribution is -2.30. The van der Waals surface area contributed by atoms with E-state index in [9.17, 15) is 14.9 Å². The highest BCUT2D eigenvalue weighted by Gasteiger charge is 2.15. The van der Waals surface area contributed by atoms with Crippen LogP contribution < -0.4 is 10.1 Å². The zero-order chi connectivity index (χ0) is 16.8. The van der Waals surface area contributed by atoms with E-state index in [1.165, 1.54) is 24.3 Å². The van der Waals surface area contributed by atoms with Crippen molar-refractivity contribution in [2.75, 3.05) is 5.32 Å². The number of anilines is 1. The van der Waals surface area contributed by atoms with E-state index in [0.717, 1.165) is 0 Å². The van der Waals surface area contributed by atoms with Crippen molar-refractivity contribution in [1.82, 2.24) is 0 Å². The van der Waals surface area contributed by atoms with Crippen molar-refractivity contribution < 1.29 is 14.5 Å². The molecule has 2 aromatic rings. The van der Waals surface area contributed by atoms with Crippen LogP contribution in [0.3, 0.4) is 0 Å². The molecule has 2 rings (SSSR count). The third-order valence-electron chi connectivity index (χ3n) is 3.01. The zero-order valence-electron chi connectivity index (χ0n) is 12.2.